The summed E-state index contributed by atoms with van der Waals surface area (Å²) in [4.78, 5) is 32.5. The Hall–Kier alpha value is -5.00. The zero-order chi connectivity index (χ0) is 25.8. The van der Waals surface area contributed by atoms with Gasteiger partial charge in [-0.25, -0.2) is 4.79 Å². The number of carboxylic acid groups (broad SMARTS) is 1. The second kappa shape index (κ2) is 10.1. The summed E-state index contributed by atoms with van der Waals surface area (Å²) in [6.07, 6.45) is 0.884. The van der Waals surface area contributed by atoms with Crippen molar-refractivity contribution < 1.29 is 24.3 Å². The molecule has 12 nitrogen and oxygen atoms in total. The number of hydrogen-bond acceptors (Lipinski definition) is 9. The van der Waals surface area contributed by atoms with E-state index in [1.165, 1.54) is 0 Å². The minimum Gasteiger partial charge on any atom is -0.476 e. The van der Waals surface area contributed by atoms with Crippen LogP contribution in [0.15, 0.2) is 75.4 Å². The van der Waals surface area contributed by atoms with Crippen molar-refractivity contribution in [3.63, 3.8) is 0 Å². The number of fused-ring (bicyclic) bond motifs is 1. The third kappa shape index (κ3) is 5.06. The normalized spacial score (nSPS) is 12.1. The fourth-order valence-corrected chi connectivity index (χ4v) is 3.81. The van der Waals surface area contributed by atoms with Gasteiger partial charge < -0.3 is 9.63 Å². The van der Waals surface area contributed by atoms with Gasteiger partial charge in [-0.15, -0.1) is 5.11 Å². The fourth-order valence-electron chi connectivity index (χ4n) is 3.81. The van der Waals surface area contributed by atoms with E-state index in [0.717, 1.165) is 34.5 Å². The van der Waals surface area contributed by atoms with E-state index < -0.39 is 33.2 Å². The van der Waals surface area contributed by atoms with E-state index in [4.69, 9.17) is 4.52 Å². The lowest BCUT2D eigenvalue weighted by Crippen LogP contribution is -2.05. The molecule has 1 heterocycles. The zero-order valence-electron chi connectivity index (χ0n) is 18.9. The van der Waals surface area contributed by atoms with E-state index in [1.807, 2.05) is 42.5 Å². The van der Waals surface area contributed by atoms with E-state index in [0.29, 0.717) is 18.6 Å². The number of hydrogen-bond donors (Lipinski definition) is 1. The van der Waals surface area contributed by atoms with Crippen LogP contribution in [0.2, 0.25) is 0 Å². The molecule has 4 rings (SSSR count). The van der Waals surface area contributed by atoms with E-state index in [-0.39, 0.29) is 16.9 Å². The predicted octanol–water partition coefficient (Wildman–Crippen LogP) is 5.97. The highest BCUT2D eigenvalue weighted by Crippen LogP contribution is 2.34. The van der Waals surface area contributed by atoms with Crippen LogP contribution in [0, 0.1) is 20.2 Å². The van der Waals surface area contributed by atoms with Crippen LogP contribution in [0.5, 0.6) is 0 Å². The van der Waals surface area contributed by atoms with Gasteiger partial charge in [-0.05, 0) is 35.7 Å². The maximum atomic E-state index is 11.7. The molecular weight excluding hydrogens is 470 g/mol. The predicted molar refractivity (Wildman–Crippen MR) is 128 cm³/mol. The van der Waals surface area contributed by atoms with Crippen LogP contribution in [0.1, 0.15) is 40.3 Å². The van der Waals surface area contributed by atoms with Crippen molar-refractivity contribution in [2.24, 2.45) is 10.2 Å². The molecule has 12 heteroatoms. The van der Waals surface area contributed by atoms with Gasteiger partial charge in [0.05, 0.1) is 27.5 Å². The number of rotatable bonds is 9. The minimum absolute atomic E-state index is 0.205. The number of nitro groups is 2. The molecule has 0 aliphatic rings. The van der Waals surface area contributed by atoms with Crippen LogP contribution in [-0.4, -0.2) is 26.1 Å². The van der Waals surface area contributed by atoms with Crippen molar-refractivity contribution in [1.82, 2.24) is 5.16 Å². The molecule has 4 aromatic rings. The largest absolute Gasteiger partial charge is 0.476 e. The highest BCUT2D eigenvalue weighted by Gasteiger charge is 2.26. The van der Waals surface area contributed by atoms with Crippen molar-refractivity contribution >= 4 is 33.8 Å². The van der Waals surface area contributed by atoms with Crippen LogP contribution < -0.4 is 0 Å². The molecule has 0 spiro atoms. The number of carboxylic acids is 1. The van der Waals surface area contributed by atoms with Gasteiger partial charge in [-0.3, -0.25) is 20.2 Å². The molecule has 1 unspecified atom stereocenters. The zero-order valence-corrected chi connectivity index (χ0v) is 18.9. The van der Waals surface area contributed by atoms with Gasteiger partial charge in [0.15, 0.2) is 11.4 Å². The number of nitrogens with zero attached hydrogens (tertiary/aromatic N) is 5. The molecule has 3 aromatic carbocycles. The average Bonchev–Trinajstić information content (AvgIpc) is 3.30. The Bertz CT molecular complexity index is 1510. The molecule has 1 aromatic heterocycles. The maximum absolute atomic E-state index is 11.7. The van der Waals surface area contributed by atoms with Crippen molar-refractivity contribution in [3.05, 3.63) is 103 Å². The van der Waals surface area contributed by atoms with Crippen molar-refractivity contribution in [2.75, 3.05) is 0 Å². The van der Waals surface area contributed by atoms with Crippen LogP contribution in [0.4, 0.5) is 17.1 Å². The van der Waals surface area contributed by atoms with E-state index in [2.05, 4.69) is 15.4 Å². The molecule has 0 fully saturated rings. The fraction of sp³-hybridized carbons (Fsp3) is 0.167. The Morgan fingerprint density at radius 2 is 1.78 bits per heavy atom. The summed E-state index contributed by atoms with van der Waals surface area (Å²) in [7, 11) is 0. The highest BCUT2D eigenvalue weighted by molar-refractivity contribution is 5.87. The third-order valence-corrected chi connectivity index (χ3v) is 5.58. The van der Waals surface area contributed by atoms with Gasteiger partial charge >= 0.3 is 11.7 Å². The van der Waals surface area contributed by atoms with Crippen LogP contribution in [-0.2, 0) is 12.8 Å². The molecule has 182 valence electrons. The summed E-state index contributed by atoms with van der Waals surface area (Å²) in [5.41, 5.74) is -0.366. The molecule has 0 amide bonds. The third-order valence-electron chi connectivity index (χ3n) is 5.58. The molecule has 1 N–H and O–H groups in total. The van der Waals surface area contributed by atoms with Crippen molar-refractivity contribution in [1.29, 1.82) is 0 Å². The summed E-state index contributed by atoms with van der Waals surface area (Å²) in [6, 6.07) is 16.0. The number of aryl methyl sites for hydroxylation is 2. The number of azo groups is 1. The number of aromatic nitrogens is 1. The van der Waals surface area contributed by atoms with E-state index in [1.54, 1.807) is 6.92 Å². The van der Waals surface area contributed by atoms with Gasteiger partial charge in [0.25, 0.3) is 5.69 Å². The van der Waals surface area contributed by atoms with Gasteiger partial charge in [-0.2, -0.15) is 5.11 Å². The number of nitro benzene ring substituents is 2. The SMILES string of the molecule is CC(N=Nc1ccc([N+](=O)[O-])cc1[N+](=O)[O-])c1c(C(=O)O)noc1CCc1ccc2ccccc2c1. The summed E-state index contributed by atoms with van der Waals surface area (Å²) in [5, 5.41) is 45.6. The maximum Gasteiger partial charge on any atom is 0.358 e. The van der Waals surface area contributed by atoms with Gasteiger partial charge in [0, 0.05) is 12.5 Å². The van der Waals surface area contributed by atoms with E-state index >= 15 is 0 Å². The first-order valence-corrected chi connectivity index (χ1v) is 10.8. The second-order valence-electron chi connectivity index (χ2n) is 7.93. The smallest absolute Gasteiger partial charge is 0.358 e. The molecule has 0 bridgehead atoms. The van der Waals surface area contributed by atoms with Crippen molar-refractivity contribution in [2.45, 2.75) is 25.8 Å². The molecule has 0 aliphatic heterocycles. The molecule has 0 radical (unpaired) electrons. The number of aromatic carboxylic acids is 1. The first-order chi connectivity index (χ1) is 17.2. The lowest BCUT2D eigenvalue weighted by molar-refractivity contribution is -0.393. The van der Waals surface area contributed by atoms with E-state index in [9.17, 15) is 30.1 Å². The van der Waals surface area contributed by atoms with Gasteiger partial charge in [0.1, 0.15) is 5.76 Å². The Labute approximate surface area is 203 Å². The average molecular weight is 489 g/mol. The summed E-state index contributed by atoms with van der Waals surface area (Å²) in [6.45, 7) is 1.55. The lowest BCUT2D eigenvalue weighted by Gasteiger charge is -2.07. The Kier molecular flexibility index (Phi) is 6.77. The minimum atomic E-state index is -1.31. The first kappa shape index (κ1) is 24.1. The lowest BCUT2D eigenvalue weighted by atomic mass is 9.99. The molecule has 36 heavy (non-hydrogen) atoms. The molecule has 0 saturated heterocycles. The highest BCUT2D eigenvalue weighted by atomic mass is 16.6. The molecular formula is C24H19N5O7. The summed E-state index contributed by atoms with van der Waals surface area (Å²) >= 11 is 0. The monoisotopic (exact) mass is 489 g/mol. The van der Waals surface area contributed by atoms with Gasteiger partial charge in [0.2, 0.25) is 0 Å². The number of benzene rings is 3. The standard InChI is InChI=1S/C24H19N5O7/c1-14(25-26-19-10-9-18(28(32)33)13-20(19)29(34)35)22-21(36-27-23(22)24(30)31)11-7-15-6-8-16-4-2-3-5-17(16)12-15/h2-6,8-10,12-14H,7,11H2,1H3,(H,30,31). The second-order valence-corrected chi connectivity index (χ2v) is 7.93. The van der Waals surface area contributed by atoms with Crippen LogP contribution >= 0.6 is 0 Å². The number of non-ortho nitro benzene ring substituents is 1. The Balaban J connectivity index is 1.60. The molecule has 0 saturated carbocycles. The Morgan fingerprint density at radius 1 is 1.03 bits per heavy atom. The molecule has 1 atom stereocenters. The van der Waals surface area contributed by atoms with Crippen LogP contribution in [0.3, 0.4) is 0 Å². The Morgan fingerprint density at radius 3 is 2.47 bits per heavy atom. The quantitative estimate of drug-likeness (QED) is 0.170. The van der Waals surface area contributed by atoms with Crippen molar-refractivity contribution in [3.8, 4) is 0 Å². The molecule has 0 aliphatic carbocycles. The summed E-state index contributed by atoms with van der Waals surface area (Å²) < 4.78 is 5.33. The van der Waals surface area contributed by atoms with Gasteiger partial charge in [-0.1, -0.05) is 47.6 Å². The first-order valence-electron chi connectivity index (χ1n) is 10.8. The van der Waals surface area contributed by atoms with Crippen LogP contribution in [0.25, 0.3) is 10.8 Å². The number of carbonyl (C=O) groups is 1. The summed E-state index contributed by atoms with van der Waals surface area (Å²) in [5.74, 6) is -1.00. The topological polar surface area (TPSA) is 174 Å².